The molecule has 1 heteroatoms. The maximum atomic E-state index is 3.92. The summed E-state index contributed by atoms with van der Waals surface area (Å²) >= 11 is 0. The van der Waals surface area contributed by atoms with Gasteiger partial charge in [0, 0.05) is 28.4 Å². The summed E-state index contributed by atoms with van der Waals surface area (Å²) in [6.45, 7) is 11.2. The first-order chi connectivity index (χ1) is 12.3. The number of aryl methyl sites for hydroxylation is 1. The van der Waals surface area contributed by atoms with Crippen molar-refractivity contribution < 1.29 is 0 Å². The number of fused-ring (bicyclic) bond motifs is 3. The number of unbranched alkanes of at least 4 members (excludes halogenated alkanes) is 5. The molecule has 0 radical (unpaired) electrons. The SMILES string of the molecule is C=Cc1ccc2c(c1)c1cc(C=C)ccc1n2CCCCCCCC. The van der Waals surface area contributed by atoms with E-state index in [1.807, 2.05) is 12.2 Å². The highest BCUT2D eigenvalue weighted by atomic mass is 15.0. The average molecular weight is 332 g/mol. The summed E-state index contributed by atoms with van der Waals surface area (Å²) in [5.74, 6) is 0. The van der Waals surface area contributed by atoms with Gasteiger partial charge in [-0.15, -0.1) is 0 Å². The van der Waals surface area contributed by atoms with Crippen molar-refractivity contribution in [3.8, 4) is 0 Å². The molecule has 0 unspecified atom stereocenters. The van der Waals surface area contributed by atoms with Crippen LogP contribution in [0.3, 0.4) is 0 Å². The summed E-state index contributed by atoms with van der Waals surface area (Å²) in [6.07, 6.45) is 11.8. The predicted molar refractivity (Wildman–Crippen MR) is 113 cm³/mol. The quantitative estimate of drug-likeness (QED) is 0.359. The van der Waals surface area contributed by atoms with E-state index in [2.05, 4.69) is 61.0 Å². The zero-order valence-corrected chi connectivity index (χ0v) is 15.4. The lowest BCUT2D eigenvalue weighted by Gasteiger charge is -2.08. The lowest BCUT2D eigenvalue weighted by Crippen LogP contribution is -1.97. The molecule has 0 spiro atoms. The molecule has 0 atom stereocenters. The Morgan fingerprint density at radius 1 is 0.760 bits per heavy atom. The van der Waals surface area contributed by atoms with Gasteiger partial charge in [0.2, 0.25) is 0 Å². The lowest BCUT2D eigenvalue weighted by atomic mass is 10.1. The van der Waals surface area contributed by atoms with E-state index in [0.717, 1.165) is 6.54 Å². The second kappa shape index (κ2) is 8.20. The second-order valence-corrected chi connectivity index (χ2v) is 6.88. The third-order valence-corrected chi connectivity index (χ3v) is 5.12. The molecule has 0 saturated carbocycles. The van der Waals surface area contributed by atoms with E-state index in [0.29, 0.717) is 0 Å². The summed E-state index contributed by atoms with van der Waals surface area (Å²) in [5, 5.41) is 2.64. The van der Waals surface area contributed by atoms with Crippen LogP contribution >= 0.6 is 0 Å². The number of rotatable bonds is 9. The molecule has 0 bridgehead atoms. The standard InChI is InChI=1S/C24H29N/c1-4-7-8-9-10-11-16-25-23-14-12-19(5-2)17-21(23)22-18-20(6-3)13-15-24(22)25/h5-6,12-15,17-18H,2-4,7-11,16H2,1H3. The largest absolute Gasteiger partial charge is 0.340 e. The molecule has 0 aliphatic rings. The monoisotopic (exact) mass is 331 g/mol. The summed E-state index contributed by atoms with van der Waals surface area (Å²) < 4.78 is 2.49. The molecule has 1 aromatic heterocycles. The minimum Gasteiger partial charge on any atom is -0.340 e. The van der Waals surface area contributed by atoms with Crippen LogP contribution in [0.1, 0.15) is 56.6 Å². The van der Waals surface area contributed by atoms with Crippen molar-refractivity contribution in [3.63, 3.8) is 0 Å². The zero-order chi connectivity index (χ0) is 17.6. The van der Waals surface area contributed by atoms with E-state index in [4.69, 9.17) is 0 Å². The molecule has 2 aromatic carbocycles. The third kappa shape index (κ3) is 3.71. The number of hydrogen-bond donors (Lipinski definition) is 0. The van der Waals surface area contributed by atoms with Crippen molar-refractivity contribution in [3.05, 3.63) is 60.7 Å². The summed E-state index contributed by atoms with van der Waals surface area (Å²) in [6, 6.07) is 13.3. The number of aromatic nitrogens is 1. The number of hydrogen-bond acceptors (Lipinski definition) is 0. The first-order valence-electron chi connectivity index (χ1n) is 9.59. The molecule has 0 fully saturated rings. The fourth-order valence-corrected chi connectivity index (χ4v) is 3.68. The van der Waals surface area contributed by atoms with E-state index in [9.17, 15) is 0 Å². The van der Waals surface area contributed by atoms with Crippen LogP contribution < -0.4 is 0 Å². The van der Waals surface area contributed by atoms with E-state index in [1.165, 1.54) is 71.5 Å². The molecule has 0 saturated heterocycles. The highest BCUT2D eigenvalue weighted by Crippen LogP contribution is 2.31. The van der Waals surface area contributed by atoms with Crippen LogP contribution in [0.15, 0.2) is 49.6 Å². The van der Waals surface area contributed by atoms with E-state index >= 15 is 0 Å². The van der Waals surface area contributed by atoms with Crippen LogP contribution in [0.5, 0.6) is 0 Å². The Balaban J connectivity index is 1.95. The zero-order valence-electron chi connectivity index (χ0n) is 15.4. The summed E-state index contributed by atoms with van der Waals surface area (Å²) in [7, 11) is 0. The normalized spacial score (nSPS) is 11.2. The van der Waals surface area contributed by atoms with Crippen molar-refractivity contribution in [1.29, 1.82) is 0 Å². The van der Waals surface area contributed by atoms with E-state index < -0.39 is 0 Å². The number of nitrogens with zero attached hydrogens (tertiary/aromatic N) is 1. The summed E-state index contributed by atoms with van der Waals surface area (Å²) in [4.78, 5) is 0. The van der Waals surface area contributed by atoms with Gasteiger partial charge in [-0.05, 0) is 41.8 Å². The van der Waals surface area contributed by atoms with Gasteiger partial charge in [0.15, 0.2) is 0 Å². The molecule has 0 aliphatic heterocycles. The Morgan fingerprint density at radius 2 is 1.28 bits per heavy atom. The fraction of sp³-hybridized carbons (Fsp3) is 0.333. The van der Waals surface area contributed by atoms with Gasteiger partial charge in [-0.3, -0.25) is 0 Å². The highest BCUT2D eigenvalue weighted by Gasteiger charge is 2.11. The summed E-state index contributed by atoms with van der Waals surface area (Å²) in [5.41, 5.74) is 5.01. The van der Waals surface area contributed by atoms with Crippen molar-refractivity contribution in [2.75, 3.05) is 0 Å². The van der Waals surface area contributed by atoms with Gasteiger partial charge in [0.25, 0.3) is 0 Å². The van der Waals surface area contributed by atoms with E-state index in [1.54, 1.807) is 0 Å². The molecule has 130 valence electrons. The van der Waals surface area contributed by atoms with Gasteiger partial charge < -0.3 is 4.57 Å². The predicted octanol–water partition coefficient (Wildman–Crippen LogP) is 7.44. The molecule has 3 rings (SSSR count). The molecular weight excluding hydrogens is 302 g/mol. The van der Waals surface area contributed by atoms with Crippen LogP contribution in [0, 0.1) is 0 Å². The Labute approximate surface area is 151 Å². The van der Waals surface area contributed by atoms with Crippen LogP contribution in [-0.2, 0) is 6.54 Å². The molecule has 1 heterocycles. The fourth-order valence-electron chi connectivity index (χ4n) is 3.68. The van der Waals surface area contributed by atoms with Crippen LogP contribution in [0.25, 0.3) is 34.0 Å². The Kier molecular flexibility index (Phi) is 5.75. The van der Waals surface area contributed by atoms with Gasteiger partial charge in [-0.1, -0.05) is 76.5 Å². The molecule has 1 nitrogen and oxygen atoms in total. The van der Waals surface area contributed by atoms with E-state index in [-0.39, 0.29) is 0 Å². The Bertz CT molecular complexity index is 817. The van der Waals surface area contributed by atoms with Crippen molar-refractivity contribution in [2.45, 2.75) is 52.0 Å². The first kappa shape index (κ1) is 17.5. The van der Waals surface area contributed by atoms with Crippen molar-refractivity contribution in [1.82, 2.24) is 4.57 Å². The molecule has 0 amide bonds. The second-order valence-electron chi connectivity index (χ2n) is 6.88. The molecule has 3 aromatic rings. The van der Waals surface area contributed by atoms with Gasteiger partial charge in [-0.25, -0.2) is 0 Å². The Morgan fingerprint density at radius 3 is 1.80 bits per heavy atom. The molecule has 0 aliphatic carbocycles. The van der Waals surface area contributed by atoms with Gasteiger partial charge in [-0.2, -0.15) is 0 Å². The van der Waals surface area contributed by atoms with Crippen LogP contribution in [-0.4, -0.2) is 4.57 Å². The lowest BCUT2D eigenvalue weighted by molar-refractivity contribution is 0.571. The van der Waals surface area contributed by atoms with Crippen molar-refractivity contribution >= 4 is 34.0 Å². The van der Waals surface area contributed by atoms with Crippen LogP contribution in [0.4, 0.5) is 0 Å². The Hall–Kier alpha value is -2.28. The highest BCUT2D eigenvalue weighted by molar-refractivity contribution is 6.09. The smallest absolute Gasteiger partial charge is 0.0491 e. The maximum absolute atomic E-state index is 3.92. The van der Waals surface area contributed by atoms with Crippen LogP contribution in [0.2, 0.25) is 0 Å². The molecule has 0 N–H and O–H groups in total. The number of benzene rings is 2. The first-order valence-corrected chi connectivity index (χ1v) is 9.59. The molecule has 25 heavy (non-hydrogen) atoms. The van der Waals surface area contributed by atoms with Crippen molar-refractivity contribution in [2.24, 2.45) is 0 Å². The average Bonchev–Trinajstić information content (AvgIpc) is 2.96. The topological polar surface area (TPSA) is 4.93 Å². The minimum atomic E-state index is 1.09. The third-order valence-electron chi connectivity index (χ3n) is 5.12. The maximum Gasteiger partial charge on any atom is 0.0491 e. The van der Waals surface area contributed by atoms with Gasteiger partial charge >= 0.3 is 0 Å². The minimum absolute atomic E-state index is 1.09. The van der Waals surface area contributed by atoms with Gasteiger partial charge in [0.1, 0.15) is 0 Å². The molecular formula is C24H29N. The van der Waals surface area contributed by atoms with Gasteiger partial charge in [0.05, 0.1) is 0 Å².